The molecule has 4 N–H and O–H groups in total. The molecule has 15 rings (SSSR count). The number of thiophene rings is 3. The van der Waals surface area contributed by atoms with E-state index in [0.29, 0.717) is 75.8 Å². The van der Waals surface area contributed by atoms with E-state index in [2.05, 4.69) is 15.0 Å². The summed E-state index contributed by atoms with van der Waals surface area (Å²) in [4.78, 5) is 76.0. The van der Waals surface area contributed by atoms with Crippen LogP contribution in [-0.4, -0.2) is 65.7 Å². The molecule has 23 heteroatoms. The van der Waals surface area contributed by atoms with Crippen molar-refractivity contribution in [3.8, 4) is 102 Å². The van der Waals surface area contributed by atoms with Gasteiger partial charge in [-0.3, -0.25) is 24.0 Å². The Morgan fingerprint density at radius 1 is 0.410 bits per heavy atom. The summed E-state index contributed by atoms with van der Waals surface area (Å²) < 4.78 is 22.6. The van der Waals surface area contributed by atoms with Gasteiger partial charge in [-0.25, -0.2) is 4.98 Å². The van der Waals surface area contributed by atoms with Crippen molar-refractivity contribution >= 4 is 141 Å². The molecule has 0 saturated carbocycles. The number of aromatic nitrogens is 3. The molecular formula is C77H48Cl3N3O13S4. The third-order valence-electron chi connectivity index (χ3n) is 16.0. The van der Waals surface area contributed by atoms with Crippen LogP contribution in [0.2, 0.25) is 15.1 Å². The molecule has 16 nitrogen and oxygen atoms in total. The molecule has 0 fully saturated rings. The number of nitrogens with zero attached hydrogens (tertiary/aromatic N) is 3. The molecule has 0 aliphatic heterocycles. The van der Waals surface area contributed by atoms with E-state index in [-0.39, 0.29) is 58.7 Å². The number of halogens is 3. The Hall–Kier alpha value is -11.1. The van der Waals surface area contributed by atoms with Gasteiger partial charge < -0.3 is 38.7 Å². The maximum atomic E-state index is 13.6. The molecule has 0 unspecified atom stereocenters. The lowest BCUT2D eigenvalue weighted by Crippen LogP contribution is -2.03. The number of hydrogen-bond donors (Lipinski definition) is 4. The number of benzene rings is 9. The van der Waals surface area contributed by atoms with Gasteiger partial charge in [-0.05, 0) is 188 Å². The Morgan fingerprint density at radius 3 is 1.12 bits per heavy atom. The lowest BCUT2D eigenvalue weighted by Gasteiger charge is -2.08. The van der Waals surface area contributed by atoms with Gasteiger partial charge >= 0.3 is 0 Å². The van der Waals surface area contributed by atoms with E-state index in [1.54, 1.807) is 96.4 Å². The standard InChI is InChI=1S/C26H16ClNO5S.C26H16ClNO4S2.C25H16ClNO4S/c1-14-10-17(27)6-8-19(14)24(31)25-23(20-9-7-18(30)11-21(20)34-25)15-2-4-16(5-3-15)26-28-22(12-32-26)33-13-29;1-14-10-17(27)6-8-19(14)24(31)25-23(20-9-7-18(30)11-21(20)34-25)15-2-4-16(5-3-15)26-28-22(12-33-26)32-13-29;1-13-10-16(26)6-8-18(13)23(30)24-22(19-9-7-17(28)11-20(19)32-24)14-2-4-15(5-3-14)25-27-21(29)12-31-25/h2*2-13,30H,1H3;2-12,28-29H,1H3. The quantitative estimate of drug-likeness (QED) is 0.0518. The van der Waals surface area contributed by atoms with Crippen LogP contribution in [0.15, 0.2) is 209 Å². The number of thiazole rings is 1. The number of aromatic hydroxyl groups is 4. The first-order valence-corrected chi connectivity index (χ1v) is 34.5. The molecule has 0 aliphatic carbocycles. The largest absolute Gasteiger partial charge is 0.508 e. The van der Waals surface area contributed by atoms with E-state index in [4.69, 9.17) is 53.1 Å². The summed E-state index contributed by atoms with van der Waals surface area (Å²) in [5.41, 5.74) is 11.3. The number of aryl methyl sites for hydroxylation is 3. The van der Waals surface area contributed by atoms with Crippen molar-refractivity contribution in [1.29, 1.82) is 0 Å². The Labute approximate surface area is 599 Å². The number of ether oxygens (including phenoxy) is 2. The Balaban J connectivity index is 0.000000134. The van der Waals surface area contributed by atoms with Gasteiger partial charge in [0.15, 0.2) is 12.5 Å². The molecular weight excluding hydrogens is 1410 g/mol. The van der Waals surface area contributed by atoms with Gasteiger partial charge in [-0.1, -0.05) is 83.3 Å². The minimum absolute atomic E-state index is 0.0731. The number of rotatable bonds is 16. The second-order valence-electron chi connectivity index (χ2n) is 22.5. The fourth-order valence-corrected chi connectivity index (χ4v) is 16.4. The summed E-state index contributed by atoms with van der Waals surface area (Å²) in [7, 11) is 0. The van der Waals surface area contributed by atoms with E-state index >= 15 is 0 Å². The molecule has 9 aromatic carbocycles. The van der Waals surface area contributed by atoms with Gasteiger partial charge in [0.1, 0.15) is 22.3 Å². The monoisotopic (exact) mass is 1460 g/mol. The molecule has 0 spiro atoms. The maximum Gasteiger partial charge on any atom is 0.299 e. The molecule has 15 aromatic rings. The minimum atomic E-state index is -0.182. The van der Waals surface area contributed by atoms with Gasteiger partial charge in [0.25, 0.3) is 24.7 Å². The van der Waals surface area contributed by atoms with E-state index in [9.17, 15) is 44.4 Å². The topological polar surface area (TPSA) is 250 Å². The summed E-state index contributed by atoms with van der Waals surface area (Å²) in [6.07, 6.45) is 2.43. The number of carbonyl (C=O) groups excluding carboxylic acids is 5. The summed E-state index contributed by atoms with van der Waals surface area (Å²) in [6, 6.07) is 53.5. The third-order valence-corrected chi connectivity index (χ3v) is 21.0. The van der Waals surface area contributed by atoms with Crippen LogP contribution < -0.4 is 9.47 Å². The predicted molar refractivity (Wildman–Crippen MR) is 393 cm³/mol. The lowest BCUT2D eigenvalue weighted by atomic mass is 9.96. The van der Waals surface area contributed by atoms with E-state index in [0.717, 1.165) is 90.9 Å². The van der Waals surface area contributed by atoms with Crippen LogP contribution in [0.4, 0.5) is 0 Å². The Morgan fingerprint density at radius 2 is 0.760 bits per heavy atom. The molecule has 494 valence electrons. The molecule has 0 atom stereocenters. The molecule has 0 saturated heterocycles. The van der Waals surface area contributed by atoms with Crippen molar-refractivity contribution in [2.24, 2.45) is 0 Å². The maximum absolute atomic E-state index is 13.6. The molecule has 0 aliphatic rings. The van der Waals surface area contributed by atoms with Gasteiger partial charge in [-0.2, -0.15) is 9.97 Å². The molecule has 6 heterocycles. The number of carbonyl (C=O) groups is 5. The average molecular weight is 1460 g/mol. The minimum Gasteiger partial charge on any atom is -0.508 e. The van der Waals surface area contributed by atoms with Crippen molar-refractivity contribution in [2.45, 2.75) is 20.8 Å². The zero-order valence-electron chi connectivity index (χ0n) is 52.3. The van der Waals surface area contributed by atoms with Gasteiger partial charge in [-0.15, -0.1) is 45.3 Å². The van der Waals surface area contributed by atoms with E-state index in [1.165, 1.54) is 57.9 Å². The zero-order chi connectivity index (χ0) is 70.0. The summed E-state index contributed by atoms with van der Waals surface area (Å²) in [6.45, 7) is 6.21. The van der Waals surface area contributed by atoms with Crippen LogP contribution in [0.25, 0.3) is 97.1 Å². The number of phenols is 3. The highest BCUT2D eigenvalue weighted by Crippen LogP contribution is 2.46. The highest BCUT2D eigenvalue weighted by molar-refractivity contribution is 7.22. The number of ketones is 3. The second kappa shape index (κ2) is 28.8. The van der Waals surface area contributed by atoms with Crippen molar-refractivity contribution in [2.75, 3.05) is 0 Å². The lowest BCUT2D eigenvalue weighted by molar-refractivity contribution is -0.121. The number of hydrogen-bond acceptors (Lipinski definition) is 20. The average Bonchev–Trinajstić information content (AvgIpc) is 1.46. The summed E-state index contributed by atoms with van der Waals surface area (Å²) in [5, 5.41) is 46.1. The van der Waals surface area contributed by atoms with Crippen LogP contribution in [0.3, 0.4) is 0 Å². The van der Waals surface area contributed by atoms with E-state index < -0.39 is 0 Å². The SMILES string of the molecule is Cc1cc(Cl)ccc1C(=O)c1sc2cc(O)ccc2c1-c1ccc(-c2nc(O)co2)cc1.Cc1cc(Cl)ccc1C(=O)c1sc2cc(O)ccc2c1-c1ccc(-c2nc(OC=O)co2)cc1.Cc1cc(Cl)ccc1C(=O)c1sc2cc(O)ccc2c1-c1ccc(-c2nc(OC=O)cs2)cc1. The van der Waals surface area contributed by atoms with Gasteiger partial charge in [0, 0.05) is 95.4 Å². The van der Waals surface area contributed by atoms with Crippen LogP contribution >= 0.6 is 80.1 Å². The molecule has 0 bridgehead atoms. The third kappa shape index (κ3) is 14.0. The van der Waals surface area contributed by atoms with Crippen LogP contribution in [0, 0.1) is 20.8 Å². The van der Waals surface area contributed by atoms with Gasteiger partial charge in [0.05, 0.1) is 20.0 Å². The van der Waals surface area contributed by atoms with Crippen LogP contribution in [-0.2, 0) is 9.59 Å². The number of fused-ring (bicyclic) bond motifs is 3. The highest BCUT2D eigenvalue weighted by Gasteiger charge is 2.27. The van der Waals surface area contributed by atoms with Crippen LogP contribution in [0.5, 0.6) is 34.9 Å². The van der Waals surface area contributed by atoms with Crippen molar-refractivity contribution in [3.63, 3.8) is 0 Å². The normalized spacial score (nSPS) is 11.1. The first-order chi connectivity index (χ1) is 48.3. The second-order valence-corrected chi connectivity index (χ2v) is 27.8. The van der Waals surface area contributed by atoms with Gasteiger partial charge in [0.2, 0.25) is 35.0 Å². The molecule has 100 heavy (non-hydrogen) atoms. The Kier molecular flexibility index (Phi) is 19.4. The van der Waals surface area contributed by atoms with Crippen molar-refractivity contribution in [3.05, 3.63) is 263 Å². The van der Waals surface area contributed by atoms with E-state index in [1.807, 2.05) is 112 Å². The molecule has 6 aromatic heterocycles. The zero-order valence-corrected chi connectivity index (χ0v) is 57.8. The number of phenolic OH excluding ortho intramolecular Hbond substituents is 3. The fourth-order valence-electron chi connectivity index (χ4n) is 11.3. The molecule has 0 amide bonds. The number of oxazole rings is 2. The van der Waals surface area contributed by atoms with Crippen molar-refractivity contribution in [1.82, 2.24) is 15.0 Å². The summed E-state index contributed by atoms with van der Waals surface area (Å²) in [5.74, 6) is 0.879. The predicted octanol–water partition coefficient (Wildman–Crippen LogP) is 20.6. The molecule has 0 radical (unpaired) electrons. The highest BCUT2D eigenvalue weighted by atomic mass is 35.5. The smallest absolute Gasteiger partial charge is 0.299 e. The first kappa shape index (κ1) is 67.5. The van der Waals surface area contributed by atoms with Crippen LogP contribution in [0.1, 0.15) is 62.4 Å². The fraction of sp³-hybridized carbons (Fsp3) is 0.0390. The Bertz CT molecular complexity index is 5460. The van der Waals surface area contributed by atoms with Crippen molar-refractivity contribution < 1.29 is 62.7 Å². The summed E-state index contributed by atoms with van der Waals surface area (Å²) >= 11 is 23.7. The first-order valence-electron chi connectivity index (χ1n) is 30.1.